The largest absolute Gasteiger partial charge is 0.366 e. The number of nitrogens with one attached hydrogen (secondary N) is 3. The molecule has 2 aromatic carbocycles. The molecule has 3 N–H and O–H groups in total. The average Bonchev–Trinajstić information content (AvgIpc) is 2.69. The van der Waals surface area contributed by atoms with E-state index in [-0.39, 0.29) is 17.2 Å². The minimum absolute atomic E-state index is 0.0297. The summed E-state index contributed by atoms with van der Waals surface area (Å²) in [6, 6.07) is 14.7. The van der Waals surface area contributed by atoms with E-state index in [0.29, 0.717) is 30.1 Å². The van der Waals surface area contributed by atoms with E-state index in [9.17, 15) is 9.59 Å². The number of anilines is 2. The average molecular weight is 381 g/mol. The first-order valence-electron chi connectivity index (χ1n) is 9.49. The van der Waals surface area contributed by atoms with Crippen LogP contribution in [0.3, 0.4) is 0 Å². The monoisotopic (exact) mass is 381 g/mol. The lowest BCUT2D eigenvalue weighted by Crippen LogP contribution is -2.45. The van der Waals surface area contributed by atoms with Gasteiger partial charge in [-0.3, -0.25) is 9.59 Å². The molecule has 1 saturated heterocycles. The lowest BCUT2D eigenvalue weighted by molar-refractivity contribution is -0.128. The zero-order chi connectivity index (χ0) is 20.1. The highest BCUT2D eigenvalue weighted by molar-refractivity contribution is 6.07. The molecule has 2 aromatic rings. The van der Waals surface area contributed by atoms with E-state index in [0.717, 1.165) is 12.1 Å². The molecule has 28 heavy (non-hydrogen) atoms. The fourth-order valence-electron chi connectivity index (χ4n) is 2.96. The molecule has 1 aliphatic heterocycles. The highest BCUT2D eigenvalue weighted by Gasteiger charge is 2.22. The molecule has 1 aliphatic rings. The Morgan fingerprint density at radius 2 is 1.64 bits per heavy atom. The van der Waals surface area contributed by atoms with Crippen molar-refractivity contribution in [1.29, 1.82) is 0 Å². The molecule has 0 radical (unpaired) electrons. The number of ether oxygens (including phenoxy) is 1. The smallest absolute Gasteiger partial charge is 0.255 e. The van der Waals surface area contributed by atoms with Crippen LogP contribution in [-0.2, 0) is 14.9 Å². The summed E-state index contributed by atoms with van der Waals surface area (Å²) in [5.41, 5.74) is 2.85. The number of carbonyl (C=O) groups excluding carboxylic acids is 2. The summed E-state index contributed by atoms with van der Waals surface area (Å²) in [5.74, 6) is -0.457. The van der Waals surface area contributed by atoms with Gasteiger partial charge >= 0.3 is 0 Å². The Morgan fingerprint density at radius 1 is 1.00 bits per heavy atom. The van der Waals surface area contributed by atoms with Crippen molar-refractivity contribution in [3.63, 3.8) is 0 Å². The number of morpholine rings is 1. The standard InChI is InChI=1S/C22H27N3O3/c1-22(2,3)16-10-8-15(9-11-16)20(26)24-17-6-4-5-7-18(17)25-21(27)19-14-23-12-13-28-19/h4-11,19,23H,12-14H2,1-3H3,(H,24,26)(H,25,27). The number of para-hydroxylation sites is 2. The van der Waals surface area contributed by atoms with Crippen LogP contribution in [0.2, 0.25) is 0 Å². The molecular weight excluding hydrogens is 354 g/mol. The molecule has 6 nitrogen and oxygen atoms in total. The van der Waals surface area contributed by atoms with Gasteiger partial charge in [-0.05, 0) is 35.2 Å². The SMILES string of the molecule is CC(C)(C)c1ccc(C(=O)Nc2ccccc2NC(=O)C2CNCCO2)cc1. The summed E-state index contributed by atoms with van der Waals surface area (Å²) in [5, 5.41) is 8.86. The Balaban J connectivity index is 1.70. The van der Waals surface area contributed by atoms with Crippen LogP contribution in [0, 0.1) is 0 Å². The minimum Gasteiger partial charge on any atom is -0.366 e. The minimum atomic E-state index is -0.539. The Bertz CT molecular complexity index is 835. The first-order valence-corrected chi connectivity index (χ1v) is 9.49. The molecule has 1 atom stereocenters. The van der Waals surface area contributed by atoms with E-state index in [1.165, 1.54) is 0 Å². The maximum atomic E-state index is 12.7. The summed E-state index contributed by atoms with van der Waals surface area (Å²) in [4.78, 5) is 25.1. The van der Waals surface area contributed by atoms with Gasteiger partial charge in [-0.15, -0.1) is 0 Å². The van der Waals surface area contributed by atoms with Crippen LogP contribution in [0.1, 0.15) is 36.7 Å². The normalized spacial score (nSPS) is 17.0. The Labute approximate surface area is 165 Å². The molecule has 1 heterocycles. The maximum Gasteiger partial charge on any atom is 0.255 e. The van der Waals surface area contributed by atoms with Gasteiger partial charge in [-0.1, -0.05) is 45.0 Å². The number of benzene rings is 2. The van der Waals surface area contributed by atoms with Gasteiger partial charge in [0.25, 0.3) is 11.8 Å². The molecular formula is C22H27N3O3. The van der Waals surface area contributed by atoms with E-state index in [4.69, 9.17) is 4.74 Å². The highest BCUT2D eigenvalue weighted by Crippen LogP contribution is 2.24. The predicted molar refractivity (Wildman–Crippen MR) is 111 cm³/mol. The van der Waals surface area contributed by atoms with Crippen molar-refractivity contribution in [1.82, 2.24) is 5.32 Å². The van der Waals surface area contributed by atoms with Crippen molar-refractivity contribution in [2.75, 3.05) is 30.3 Å². The Kier molecular flexibility index (Phi) is 6.11. The van der Waals surface area contributed by atoms with E-state index in [1.807, 2.05) is 36.4 Å². The molecule has 0 aliphatic carbocycles. The fourth-order valence-corrected chi connectivity index (χ4v) is 2.96. The molecule has 148 valence electrons. The van der Waals surface area contributed by atoms with Gasteiger partial charge in [0, 0.05) is 18.7 Å². The van der Waals surface area contributed by atoms with Crippen molar-refractivity contribution in [3.8, 4) is 0 Å². The van der Waals surface area contributed by atoms with Gasteiger partial charge in [0.15, 0.2) is 0 Å². The molecule has 0 aromatic heterocycles. The number of hydrogen-bond acceptors (Lipinski definition) is 4. The molecule has 0 saturated carbocycles. The lowest BCUT2D eigenvalue weighted by Gasteiger charge is -2.23. The fraction of sp³-hybridized carbons (Fsp3) is 0.364. The first kappa shape index (κ1) is 20.0. The second kappa shape index (κ2) is 8.54. The Morgan fingerprint density at radius 3 is 2.21 bits per heavy atom. The molecule has 1 fully saturated rings. The third-order valence-electron chi connectivity index (χ3n) is 4.67. The van der Waals surface area contributed by atoms with Crippen LogP contribution in [0.25, 0.3) is 0 Å². The van der Waals surface area contributed by atoms with Gasteiger partial charge < -0.3 is 20.7 Å². The van der Waals surface area contributed by atoms with Crippen molar-refractivity contribution in [2.24, 2.45) is 0 Å². The van der Waals surface area contributed by atoms with Crippen molar-refractivity contribution in [3.05, 3.63) is 59.7 Å². The zero-order valence-electron chi connectivity index (χ0n) is 16.5. The van der Waals surface area contributed by atoms with Gasteiger partial charge in [0.2, 0.25) is 0 Å². The number of amides is 2. The molecule has 0 spiro atoms. The summed E-state index contributed by atoms with van der Waals surface area (Å²) in [7, 11) is 0. The molecule has 1 unspecified atom stereocenters. The van der Waals surface area contributed by atoms with Gasteiger partial charge in [-0.2, -0.15) is 0 Å². The third-order valence-corrected chi connectivity index (χ3v) is 4.67. The highest BCUT2D eigenvalue weighted by atomic mass is 16.5. The second-order valence-corrected chi connectivity index (χ2v) is 7.88. The molecule has 0 bridgehead atoms. The summed E-state index contributed by atoms with van der Waals surface area (Å²) < 4.78 is 5.48. The second-order valence-electron chi connectivity index (χ2n) is 7.88. The molecule has 3 rings (SSSR count). The zero-order valence-corrected chi connectivity index (χ0v) is 16.5. The van der Waals surface area contributed by atoms with Crippen LogP contribution in [0.4, 0.5) is 11.4 Å². The lowest BCUT2D eigenvalue weighted by atomic mass is 9.87. The van der Waals surface area contributed by atoms with Crippen LogP contribution >= 0.6 is 0 Å². The first-order chi connectivity index (χ1) is 13.3. The summed E-state index contributed by atoms with van der Waals surface area (Å²) in [6.07, 6.45) is -0.539. The maximum absolute atomic E-state index is 12.7. The van der Waals surface area contributed by atoms with Crippen LogP contribution in [0.5, 0.6) is 0 Å². The molecule has 2 amide bonds. The summed E-state index contributed by atoms with van der Waals surface area (Å²) >= 11 is 0. The molecule has 6 heteroatoms. The predicted octanol–water partition coefficient (Wildman–Crippen LogP) is 3.16. The van der Waals surface area contributed by atoms with E-state index in [2.05, 4.69) is 36.7 Å². The van der Waals surface area contributed by atoms with Crippen molar-refractivity contribution >= 4 is 23.2 Å². The number of carbonyl (C=O) groups is 2. The van der Waals surface area contributed by atoms with E-state index < -0.39 is 6.10 Å². The van der Waals surface area contributed by atoms with E-state index in [1.54, 1.807) is 12.1 Å². The summed E-state index contributed by atoms with van der Waals surface area (Å²) in [6.45, 7) is 8.11. The Hall–Kier alpha value is -2.70. The van der Waals surface area contributed by atoms with Crippen LogP contribution in [0.15, 0.2) is 48.5 Å². The third kappa shape index (κ3) is 4.97. The van der Waals surface area contributed by atoms with Crippen LogP contribution < -0.4 is 16.0 Å². The van der Waals surface area contributed by atoms with E-state index >= 15 is 0 Å². The van der Waals surface area contributed by atoms with Gasteiger partial charge in [0.1, 0.15) is 6.10 Å². The van der Waals surface area contributed by atoms with Gasteiger partial charge in [0.05, 0.1) is 18.0 Å². The topological polar surface area (TPSA) is 79.5 Å². The number of hydrogen-bond donors (Lipinski definition) is 3. The van der Waals surface area contributed by atoms with Crippen LogP contribution in [-0.4, -0.2) is 37.6 Å². The van der Waals surface area contributed by atoms with Gasteiger partial charge in [-0.25, -0.2) is 0 Å². The van der Waals surface area contributed by atoms with Crippen molar-refractivity contribution in [2.45, 2.75) is 32.3 Å². The quantitative estimate of drug-likeness (QED) is 0.760. The number of rotatable bonds is 4. The van der Waals surface area contributed by atoms with Crippen molar-refractivity contribution < 1.29 is 14.3 Å².